The number of carboxylic acid groups (broad SMARTS) is 1. The van der Waals surface area contributed by atoms with E-state index in [1.54, 1.807) is 13.0 Å². The van der Waals surface area contributed by atoms with E-state index in [9.17, 15) is 14.4 Å². The number of hydrogen-bond acceptors (Lipinski definition) is 4. The molecule has 1 aromatic rings. The molecular formula is C13H14BrNO5. The summed E-state index contributed by atoms with van der Waals surface area (Å²) in [4.78, 5) is 33.7. The molecule has 0 heterocycles. The van der Waals surface area contributed by atoms with E-state index in [1.165, 1.54) is 12.1 Å². The average Bonchev–Trinajstić information content (AvgIpc) is 2.39. The number of amides is 1. The van der Waals surface area contributed by atoms with Gasteiger partial charge in [0.1, 0.15) is 0 Å². The van der Waals surface area contributed by atoms with Crippen LogP contribution in [0.4, 0.5) is 5.69 Å². The Bertz CT molecular complexity index is 529. The van der Waals surface area contributed by atoms with E-state index >= 15 is 0 Å². The maximum atomic E-state index is 11.6. The predicted octanol–water partition coefficient (Wildman–Crippen LogP) is 2.43. The van der Waals surface area contributed by atoms with Crippen molar-refractivity contribution >= 4 is 39.5 Å². The number of hydrogen-bond donors (Lipinski definition) is 2. The molecule has 1 rings (SSSR count). The molecule has 0 radical (unpaired) electrons. The van der Waals surface area contributed by atoms with Crippen LogP contribution in [0.2, 0.25) is 0 Å². The zero-order valence-electron chi connectivity index (χ0n) is 10.8. The summed E-state index contributed by atoms with van der Waals surface area (Å²) in [6, 6.07) is 4.44. The van der Waals surface area contributed by atoms with Crippen molar-refractivity contribution in [3.63, 3.8) is 0 Å². The van der Waals surface area contributed by atoms with Gasteiger partial charge in [-0.15, -0.1) is 0 Å². The molecule has 0 saturated carbocycles. The Kier molecular flexibility index (Phi) is 6.17. The molecule has 0 aliphatic carbocycles. The molecule has 6 nitrogen and oxygen atoms in total. The van der Waals surface area contributed by atoms with E-state index in [2.05, 4.69) is 21.2 Å². The Morgan fingerprint density at radius 3 is 2.60 bits per heavy atom. The molecule has 0 aliphatic heterocycles. The summed E-state index contributed by atoms with van der Waals surface area (Å²) < 4.78 is 5.13. The molecule has 0 fully saturated rings. The number of carbonyl (C=O) groups excluding carboxylic acids is 2. The minimum absolute atomic E-state index is 0.0119. The van der Waals surface area contributed by atoms with Crippen molar-refractivity contribution < 1.29 is 24.2 Å². The molecule has 1 amide bonds. The first-order valence-corrected chi connectivity index (χ1v) is 6.71. The van der Waals surface area contributed by atoms with Crippen LogP contribution >= 0.6 is 15.9 Å². The van der Waals surface area contributed by atoms with Gasteiger partial charge < -0.3 is 15.2 Å². The number of nitrogens with one attached hydrogen (secondary N) is 1. The van der Waals surface area contributed by atoms with Gasteiger partial charge in [-0.05, 0) is 41.1 Å². The summed E-state index contributed by atoms with van der Waals surface area (Å²) >= 11 is 3.11. The Morgan fingerprint density at radius 2 is 2.00 bits per heavy atom. The fraction of sp³-hybridized carbons (Fsp3) is 0.308. The van der Waals surface area contributed by atoms with Gasteiger partial charge >= 0.3 is 11.9 Å². The van der Waals surface area contributed by atoms with Gasteiger partial charge in [0.2, 0.25) is 5.91 Å². The van der Waals surface area contributed by atoms with Crippen LogP contribution in [0, 0.1) is 0 Å². The lowest BCUT2D eigenvalue weighted by Crippen LogP contribution is -2.15. The summed E-state index contributed by atoms with van der Waals surface area (Å²) in [5.41, 5.74) is 0.410. The topological polar surface area (TPSA) is 92.7 Å². The van der Waals surface area contributed by atoms with Gasteiger partial charge in [-0.25, -0.2) is 4.79 Å². The quantitative estimate of drug-likeness (QED) is 0.773. The Hall–Kier alpha value is -1.89. The molecule has 0 spiro atoms. The van der Waals surface area contributed by atoms with Crippen LogP contribution in [0.3, 0.4) is 0 Å². The van der Waals surface area contributed by atoms with Crippen LogP contribution in [0.25, 0.3) is 0 Å². The standard InChI is InChI=1S/C13H14BrNO5/c1-2-20-12(17)6-5-11(16)15-8-3-4-10(14)9(7-8)13(18)19/h3-4,7H,2,5-6H2,1H3,(H,15,16)(H,18,19). The lowest BCUT2D eigenvalue weighted by Gasteiger charge is -2.07. The number of carboxylic acids is 1. The molecule has 20 heavy (non-hydrogen) atoms. The number of anilines is 1. The van der Waals surface area contributed by atoms with Crippen LogP contribution in [0.1, 0.15) is 30.1 Å². The summed E-state index contributed by atoms with van der Waals surface area (Å²) in [6.45, 7) is 1.96. The monoisotopic (exact) mass is 343 g/mol. The van der Waals surface area contributed by atoms with Crippen molar-refractivity contribution in [2.75, 3.05) is 11.9 Å². The molecule has 0 saturated heterocycles. The van der Waals surface area contributed by atoms with E-state index in [-0.39, 0.29) is 30.9 Å². The van der Waals surface area contributed by atoms with E-state index in [1.807, 2.05) is 0 Å². The molecule has 0 atom stereocenters. The number of rotatable bonds is 6. The third kappa shape index (κ3) is 5.00. The highest BCUT2D eigenvalue weighted by Crippen LogP contribution is 2.21. The van der Waals surface area contributed by atoms with Crippen molar-refractivity contribution in [3.05, 3.63) is 28.2 Å². The summed E-state index contributed by atoms with van der Waals surface area (Å²) in [7, 11) is 0. The number of carbonyl (C=O) groups is 3. The van der Waals surface area contributed by atoms with Gasteiger partial charge in [-0.1, -0.05) is 0 Å². The van der Waals surface area contributed by atoms with Crippen molar-refractivity contribution in [1.29, 1.82) is 0 Å². The zero-order chi connectivity index (χ0) is 15.1. The van der Waals surface area contributed by atoms with Crippen LogP contribution in [-0.4, -0.2) is 29.6 Å². The summed E-state index contributed by atoms with van der Waals surface area (Å²) in [5, 5.41) is 11.5. The number of ether oxygens (including phenoxy) is 1. The number of benzene rings is 1. The molecule has 108 valence electrons. The highest BCUT2D eigenvalue weighted by molar-refractivity contribution is 9.10. The minimum atomic E-state index is -1.10. The van der Waals surface area contributed by atoms with Crippen molar-refractivity contribution in [2.45, 2.75) is 19.8 Å². The average molecular weight is 344 g/mol. The van der Waals surface area contributed by atoms with Crippen LogP contribution in [0.15, 0.2) is 22.7 Å². The fourth-order valence-electron chi connectivity index (χ4n) is 1.44. The Morgan fingerprint density at radius 1 is 1.30 bits per heavy atom. The van der Waals surface area contributed by atoms with Gasteiger partial charge in [0, 0.05) is 16.6 Å². The molecule has 7 heteroatoms. The SMILES string of the molecule is CCOC(=O)CCC(=O)Nc1ccc(Br)c(C(=O)O)c1. The van der Waals surface area contributed by atoms with Gasteiger partial charge in [0.05, 0.1) is 18.6 Å². The summed E-state index contributed by atoms with van der Waals surface area (Å²) in [6.07, 6.45) is -0.0285. The minimum Gasteiger partial charge on any atom is -0.478 e. The third-order valence-electron chi connectivity index (χ3n) is 2.34. The van der Waals surface area contributed by atoms with Crippen LogP contribution < -0.4 is 5.32 Å². The fourth-order valence-corrected chi connectivity index (χ4v) is 1.86. The largest absolute Gasteiger partial charge is 0.478 e. The van der Waals surface area contributed by atoms with Crippen molar-refractivity contribution in [2.24, 2.45) is 0 Å². The molecule has 0 aliphatic rings. The summed E-state index contributed by atoms with van der Waals surface area (Å²) in [5.74, 6) is -1.92. The first kappa shape index (κ1) is 16.2. The second-order valence-electron chi connectivity index (χ2n) is 3.85. The molecule has 0 aromatic heterocycles. The van der Waals surface area contributed by atoms with E-state index in [0.717, 1.165) is 0 Å². The molecule has 2 N–H and O–H groups in total. The van der Waals surface area contributed by atoms with Crippen LogP contribution in [0.5, 0.6) is 0 Å². The smallest absolute Gasteiger partial charge is 0.336 e. The number of esters is 1. The normalized spacial score (nSPS) is 9.90. The van der Waals surface area contributed by atoms with E-state index < -0.39 is 11.9 Å². The maximum Gasteiger partial charge on any atom is 0.336 e. The second kappa shape index (κ2) is 7.64. The zero-order valence-corrected chi connectivity index (χ0v) is 12.4. The lowest BCUT2D eigenvalue weighted by molar-refractivity contribution is -0.144. The van der Waals surface area contributed by atoms with Gasteiger partial charge in [-0.2, -0.15) is 0 Å². The van der Waals surface area contributed by atoms with Crippen LogP contribution in [-0.2, 0) is 14.3 Å². The first-order chi connectivity index (χ1) is 9.43. The van der Waals surface area contributed by atoms with E-state index in [0.29, 0.717) is 10.2 Å². The molecule has 1 aromatic carbocycles. The molecule has 0 unspecified atom stereocenters. The molecular weight excluding hydrogens is 330 g/mol. The van der Waals surface area contributed by atoms with Gasteiger partial charge in [-0.3, -0.25) is 9.59 Å². The number of aromatic carboxylic acids is 1. The first-order valence-electron chi connectivity index (χ1n) is 5.92. The van der Waals surface area contributed by atoms with Crippen molar-refractivity contribution in [3.8, 4) is 0 Å². The highest BCUT2D eigenvalue weighted by atomic mass is 79.9. The Labute approximate surface area is 124 Å². The van der Waals surface area contributed by atoms with Crippen molar-refractivity contribution in [1.82, 2.24) is 0 Å². The highest BCUT2D eigenvalue weighted by Gasteiger charge is 2.11. The Balaban J connectivity index is 2.60. The predicted molar refractivity (Wildman–Crippen MR) is 75.6 cm³/mol. The third-order valence-corrected chi connectivity index (χ3v) is 3.03. The van der Waals surface area contributed by atoms with Gasteiger partial charge in [0.15, 0.2) is 0 Å². The van der Waals surface area contributed by atoms with E-state index in [4.69, 9.17) is 9.84 Å². The maximum absolute atomic E-state index is 11.6. The molecule has 0 bridgehead atoms. The lowest BCUT2D eigenvalue weighted by atomic mass is 10.2. The number of halogens is 1. The second-order valence-corrected chi connectivity index (χ2v) is 4.71. The van der Waals surface area contributed by atoms with Gasteiger partial charge in [0.25, 0.3) is 0 Å².